The molecule has 1 aliphatic rings. The molecule has 1 aliphatic heterocycles. The normalized spacial score (nSPS) is 31.3. The van der Waals surface area contributed by atoms with Crippen molar-refractivity contribution in [3.63, 3.8) is 0 Å². The Morgan fingerprint density at radius 2 is 2.33 bits per heavy atom. The van der Waals surface area contributed by atoms with Crippen LogP contribution in [0.5, 0.6) is 0 Å². The summed E-state index contributed by atoms with van der Waals surface area (Å²) in [5, 5.41) is 3.11. The number of rotatable bonds is 4. The van der Waals surface area contributed by atoms with E-state index in [9.17, 15) is 4.79 Å². The molecular weight excluding hydrogens is 194 g/mol. The first kappa shape index (κ1) is 12.5. The van der Waals surface area contributed by atoms with Gasteiger partial charge in [0.1, 0.15) is 5.54 Å². The Morgan fingerprint density at radius 1 is 1.60 bits per heavy atom. The number of ether oxygens (including phenoxy) is 2. The first-order valence-corrected chi connectivity index (χ1v) is 5.66. The summed E-state index contributed by atoms with van der Waals surface area (Å²) in [6.07, 6.45) is 2.50. The van der Waals surface area contributed by atoms with Crippen LogP contribution >= 0.6 is 0 Å². The maximum absolute atomic E-state index is 11.9. The Morgan fingerprint density at radius 3 is 2.87 bits per heavy atom. The fourth-order valence-corrected chi connectivity index (χ4v) is 2.00. The highest BCUT2D eigenvalue weighted by molar-refractivity contribution is 5.81. The lowest BCUT2D eigenvalue weighted by atomic mass is 9.86. The van der Waals surface area contributed by atoms with Gasteiger partial charge in [-0.15, -0.1) is 0 Å². The fourth-order valence-electron chi connectivity index (χ4n) is 2.00. The first-order chi connectivity index (χ1) is 7.18. The number of hydrogen-bond acceptors (Lipinski definition) is 4. The Labute approximate surface area is 91.3 Å². The summed E-state index contributed by atoms with van der Waals surface area (Å²) in [4.78, 5) is 11.9. The van der Waals surface area contributed by atoms with E-state index in [4.69, 9.17) is 9.47 Å². The average molecular weight is 215 g/mol. The molecular formula is C11H21NO3. The van der Waals surface area contributed by atoms with Gasteiger partial charge in [0.05, 0.1) is 12.7 Å². The zero-order chi connectivity index (χ0) is 11.3. The van der Waals surface area contributed by atoms with Gasteiger partial charge in [0.15, 0.2) is 0 Å². The van der Waals surface area contributed by atoms with Crippen molar-refractivity contribution in [2.75, 3.05) is 20.3 Å². The predicted molar refractivity (Wildman–Crippen MR) is 57.7 cm³/mol. The SMILES string of the molecule is CCOC(=O)C1(NC)CCOC(CC)C1. The largest absolute Gasteiger partial charge is 0.465 e. The quantitative estimate of drug-likeness (QED) is 0.713. The van der Waals surface area contributed by atoms with Crippen LogP contribution in [0.1, 0.15) is 33.1 Å². The van der Waals surface area contributed by atoms with Crippen molar-refractivity contribution < 1.29 is 14.3 Å². The summed E-state index contributed by atoms with van der Waals surface area (Å²) in [7, 11) is 1.81. The number of carbonyl (C=O) groups excluding carboxylic acids is 1. The average Bonchev–Trinajstić information content (AvgIpc) is 2.29. The smallest absolute Gasteiger partial charge is 0.326 e. The molecule has 0 aromatic heterocycles. The van der Waals surface area contributed by atoms with E-state index in [1.54, 1.807) is 0 Å². The molecule has 1 rings (SSSR count). The van der Waals surface area contributed by atoms with Crippen LogP contribution in [0.3, 0.4) is 0 Å². The number of esters is 1. The summed E-state index contributed by atoms with van der Waals surface area (Å²) >= 11 is 0. The van der Waals surface area contributed by atoms with Gasteiger partial charge in [-0.05, 0) is 26.8 Å². The van der Waals surface area contributed by atoms with Gasteiger partial charge in [0.25, 0.3) is 0 Å². The van der Waals surface area contributed by atoms with E-state index in [1.807, 2.05) is 14.0 Å². The van der Waals surface area contributed by atoms with Crippen LogP contribution < -0.4 is 5.32 Å². The van der Waals surface area contributed by atoms with E-state index in [1.165, 1.54) is 0 Å². The standard InChI is InChI=1S/C11H21NO3/c1-4-9-8-11(12-3,6-7-15-9)10(13)14-5-2/h9,12H,4-8H2,1-3H3. The summed E-state index contributed by atoms with van der Waals surface area (Å²) in [6, 6.07) is 0. The topological polar surface area (TPSA) is 47.6 Å². The maximum atomic E-state index is 11.9. The minimum Gasteiger partial charge on any atom is -0.465 e. The van der Waals surface area contributed by atoms with Crippen LogP contribution in [0.2, 0.25) is 0 Å². The molecule has 0 amide bonds. The summed E-state index contributed by atoms with van der Waals surface area (Å²) < 4.78 is 10.7. The first-order valence-electron chi connectivity index (χ1n) is 5.66. The van der Waals surface area contributed by atoms with E-state index >= 15 is 0 Å². The molecule has 1 heterocycles. The van der Waals surface area contributed by atoms with Crippen molar-refractivity contribution in [2.24, 2.45) is 0 Å². The van der Waals surface area contributed by atoms with Crippen LogP contribution in [-0.4, -0.2) is 37.9 Å². The van der Waals surface area contributed by atoms with Crippen LogP contribution in [0.25, 0.3) is 0 Å². The summed E-state index contributed by atoms with van der Waals surface area (Å²) in [5.74, 6) is -0.144. The van der Waals surface area contributed by atoms with Crippen molar-refractivity contribution in [1.82, 2.24) is 5.32 Å². The lowest BCUT2D eigenvalue weighted by molar-refractivity contribution is -0.158. The molecule has 0 aromatic rings. The lowest BCUT2D eigenvalue weighted by Crippen LogP contribution is -2.56. The van der Waals surface area contributed by atoms with Crippen molar-refractivity contribution >= 4 is 5.97 Å². The van der Waals surface area contributed by atoms with Gasteiger partial charge in [-0.25, -0.2) is 0 Å². The van der Waals surface area contributed by atoms with E-state index in [0.29, 0.717) is 26.1 Å². The number of hydrogen-bond donors (Lipinski definition) is 1. The molecule has 2 atom stereocenters. The van der Waals surface area contributed by atoms with Crippen molar-refractivity contribution in [3.05, 3.63) is 0 Å². The highest BCUT2D eigenvalue weighted by Gasteiger charge is 2.42. The molecule has 4 nitrogen and oxygen atoms in total. The second-order valence-corrected chi connectivity index (χ2v) is 3.91. The Hall–Kier alpha value is -0.610. The van der Waals surface area contributed by atoms with E-state index in [2.05, 4.69) is 12.2 Å². The molecule has 0 radical (unpaired) electrons. The summed E-state index contributed by atoms with van der Waals surface area (Å²) in [6.45, 7) is 4.96. The van der Waals surface area contributed by atoms with Gasteiger partial charge >= 0.3 is 5.97 Å². The van der Waals surface area contributed by atoms with Gasteiger partial charge < -0.3 is 14.8 Å². The third kappa shape index (κ3) is 2.69. The molecule has 2 unspecified atom stereocenters. The van der Waals surface area contributed by atoms with Gasteiger partial charge in [0.2, 0.25) is 0 Å². The second-order valence-electron chi connectivity index (χ2n) is 3.91. The van der Waals surface area contributed by atoms with Crippen LogP contribution in [0.15, 0.2) is 0 Å². The molecule has 1 N–H and O–H groups in total. The monoisotopic (exact) mass is 215 g/mol. The highest BCUT2D eigenvalue weighted by Crippen LogP contribution is 2.27. The highest BCUT2D eigenvalue weighted by atomic mass is 16.5. The molecule has 0 bridgehead atoms. The lowest BCUT2D eigenvalue weighted by Gasteiger charge is -2.38. The predicted octanol–water partition coefficient (Wildman–Crippen LogP) is 1.10. The molecule has 0 saturated carbocycles. The van der Waals surface area contributed by atoms with E-state index in [0.717, 1.165) is 6.42 Å². The molecule has 1 fully saturated rings. The molecule has 0 spiro atoms. The van der Waals surface area contributed by atoms with Crippen LogP contribution in [-0.2, 0) is 14.3 Å². The maximum Gasteiger partial charge on any atom is 0.326 e. The van der Waals surface area contributed by atoms with Gasteiger partial charge in [0, 0.05) is 13.0 Å². The Bertz CT molecular complexity index is 220. The molecule has 0 aromatic carbocycles. The Kier molecular flexibility index (Phi) is 4.54. The Balaban J connectivity index is 2.69. The van der Waals surface area contributed by atoms with Crippen molar-refractivity contribution in [3.8, 4) is 0 Å². The third-order valence-electron chi connectivity index (χ3n) is 3.06. The van der Waals surface area contributed by atoms with Gasteiger partial charge in [-0.3, -0.25) is 4.79 Å². The van der Waals surface area contributed by atoms with Gasteiger partial charge in [-0.1, -0.05) is 6.92 Å². The zero-order valence-electron chi connectivity index (χ0n) is 9.84. The zero-order valence-corrected chi connectivity index (χ0v) is 9.84. The molecule has 0 aliphatic carbocycles. The number of nitrogens with one attached hydrogen (secondary N) is 1. The second kappa shape index (κ2) is 5.47. The third-order valence-corrected chi connectivity index (χ3v) is 3.06. The summed E-state index contributed by atoms with van der Waals surface area (Å²) in [5.41, 5.74) is -0.533. The van der Waals surface area contributed by atoms with E-state index < -0.39 is 5.54 Å². The van der Waals surface area contributed by atoms with Crippen LogP contribution in [0, 0.1) is 0 Å². The molecule has 1 saturated heterocycles. The molecule has 4 heteroatoms. The van der Waals surface area contributed by atoms with Crippen molar-refractivity contribution in [2.45, 2.75) is 44.8 Å². The fraction of sp³-hybridized carbons (Fsp3) is 0.909. The van der Waals surface area contributed by atoms with Crippen molar-refractivity contribution in [1.29, 1.82) is 0 Å². The van der Waals surface area contributed by atoms with Crippen LogP contribution in [0.4, 0.5) is 0 Å². The molecule has 15 heavy (non-hydrogen) atoms. The van der Waals surface area contributed by atoms with Gasteiger partial charge in [-0.2, -0.15) is 0 Å². The minimum atomic E-state index is -0.533. The molecule has 88 valence electrons. The number of likely N-dealkylation sites (N-methyl/N-ethyl adjacent to an activating group) is 1. The van der Waals surface area contributed by atoms with E-state index in [-0.39, 0.29) is 12.1 Å². The minimum absolute atomic E-state index is 0.144. The number of carbonyl (C=O) groups is 1.